The van der Waals surface area contributed by atoms with Crippen LogP contribution in [0.25, 0.3) is 0 Å². The molecule has 1 amide bonds. The van der Waals surface area contributed by atoms with Gasteiger partial charge in [-0.15, -0.1) is 0 Å². The van der Waals surface area contributed by atoms with E-state index >= 15 is 0 Å². The number of benzene rings is 1. The summed E-state index contributed by atoms with van der Waals surface area (Å²) >= 11 is 5.68. The van der Waals surface area contributed by atoms with Crippen molar-refractivity contribution in [1.29, 1.82) is 0 Å². The van der Waals surface area contributed by atoms with E-state index in [9.17, 15) is 9.59 Å². The molecule has 0 saturated carbocycles. The molecule has 1 rings (SSSR count). The Morgan fingerprint density at radius 2 is 1.94 bits per heavy atom. The number of carbonyl (C=O) groups is 2. The minimum absolute atomic E-state index is 0.108. The van der Waals surface area contributed by atoms with Crippen molar-refractivity contribution in [2.75, 3.05) is 6.61 Å². The largest absolute Gasteiger partial charge is 0.479 e. The average Bonchev–Trinajstić information content (AvgIpc) is 2.21. The van der Waals surface area contributed by atoms with Crippen LogP contribution in [0.3, 0.4) is 0 Å². The van der Waals surface area contributed by atoms with Crippen LogP contribution in [0.15, 0.2) is 24.3 Å². The van der Waals surface area contributed by atoms with Crippen molar-refractivity contribution in [3.63, 3.8) is 0 Å². The van der Waals surface area contributed by atoms with Crippen molar-refractivity contribution in [3.8, 4) is 0 Å². The summed E-state index contributed by atoms with van der Waals surface area (Å²) < 4.78 is 0. The molecular formula is C10H10ClNO4. The number of carboxylic acids is 1. The van der Waals surface area contributed by atoms with E-state index in [0.29, 0.717) is 5.02 Å². The lowest BCUT2D eigenvalue weighted by atomic mass is 10.1. The summed E-state index contributed by atoms with van der Waals surface area (Å²) in [6.07, 6.45) is 0.108. The van der Waals surface area contributed by atoms with Gasteiger partial charge in [-0.1, -0.05) is 23.7 Å². The molecule has 0 aliphatic carbocycles. The van der Waals surface area contributed by atoms with Crippen LogP contribution < -0.4 is 5.48 Å². The fourth-order valence-electron chi connectivity index (χ4n) is 1.00. The van der Waals surface area contributed by atoms with Crippen LogP contribution in [0.2, 0.25) is 5.02 Å². The second-order valence-corrected chi connectivity index (χ2v) is 3.45. The molecule has 86 valence electrons. The first-order chi connectivity index (χ1) is 7.58. The van der Waals surface area contributed by atoms with Crippen LogP contribution in [0.4, 0.5) is 0 Å². The number of hydrogen-bond acceptors (Lipinski definition) is 3. The van der Waals surface area contributed by atoms with Gasteiger partial charge in [-0.05, 0) is 17.7 Å². The number of rotatable bonds is 5. The predicted molar refractivity (Wildman–Crippen MR) is 56.9 cm³/mol. The average molecular weight is 244 g/mol. The minimum Gasteiger partial charge on any atom is -0.479 e. The van der Waals surface area contributed by atoms with Gasteiger partial charge in [0.25, 0.3) is 0 Å². The zero-order chi connectivity index (χ0) is 12.0. The third-order valence-electron chi connectivity index (χ3n) is 1.66. The molecule has 0 aliphatic heterocycles. The van der Waals surface area contributed by atoms with Crippen molar-refractivity contribution < 1.29 is 19.5 Å². The second kappa shape index (κ2) is 6.09. The summed E-state index contributed by atoms with van der Waals surface area (Å²) in [5.41, 5.74) is 2.79. The van der Waals surface area contributed by atoms with Gasteiger partial charge in [0.05, 0.1) is 6.42 Å². The molecule has 0 saturated heterocycles. The SMILES string of the molecule is O=C(O)CONC(=O)Cc1ccc(Cl)cc1. The van der Waals surface area contributed by atoms with E-state index < -0.39 is 18.5 Å². The number of nitrogens with one attached hydrogen (secondary N) is 1. The normalized spacial score (nSPS) is 9.81. The molecule has 0 aliphatic rings. The van der Waals surface area contributed by atoms with Gasteiger partial charge in [0.1, 0.15) is 0 Å². The number of carboxylic acid groups (broad SMARTS) is 1. The van der Waals surface area contributed by atoms with E-state index in [1.54, 1.807) is 24.3 Å². The van der Waals surface area contributed by atoms with E-state index in [-0.39, 0.29) is 6.42 Å². The van der Waals surface area contributed by atoms with Crippen LogP contribution >= 0.6 is 11.6 Å². The highest BCUT2D eigenvalue weighted by Crippen LogP contribution is 2.09. The maximum Gasteiger partial charge on any atom is 0.332 e. The lowest BCUT2D eigenvalue weighted by Crippen LogP contribution is -2.27. The molecule has 2 N–H and O–H groups in total. The lowest BCUT2D eigenvalue weighted by Gasteiger charge is -2.03. The van der Waals surface area contributed by atoms with Crippen molar-refractivity contribution in [2.45, 2.75) is 6.42 Å². The fraction of sp³-hybridized carbons (Fsp3) is 0.200. The van der Waals surface area contributed by atoms with Gasteiger partial charge in [0.15, 0.2) is 6.61 Å². The monoisotopic (exact) mass is 243 g/mol. The zero-order valence-corrected chi connectivity index (χ0v) is 9.03. The first kappa shape index (κ1) is 12.5. The van der Waals surface area contributed by atoms with E-state index in [4.69, 9.17) is 16.7 Å². The Bertz CT molecular complexity index is 377. The van der Waals surface area contributed by atoms with Crippen LogP contribution in [0, 0.1) is 0 Å². The fourth-order valence-corrected chi connectivity index (χ4v) is 1.13. The van der Waals surface area contributed by atoms with E-state index in [1.165, 1.54) is 0 Å². The molecular weight excluding hydrogens is 234 g/mol. The van der Waals surface area contributed by atoms with Crippen LogP contribution in [0.1, 0.15) is 5.56 Å². The van der Waals surface area contributed by atoms with E-state index in [0.717, 1.165) is 5.56 Å². The topological polar surface area (TPSA) is 75.6 Å². The maximum absolute atomic E-state index is 11.2. The first-order valence-electron chi connectivity index (χ1n) is 4.45. The number of hydroxylamine groups is 1. The Kier molecular flexibility index (Phi) is 4.75. The number of halogens is 1. The number of aliphatic carboxylic acids is 1. The van der Waals surface area contributed by atoms with Crippen molar-refractivity contribution in [3.05, 3.63) is 34.9 Å². The minimum atomic E-state index is -1.15. The summed E-state index contributed by atoms with van der Waals surface area (Å²) in [7, 11) is 0. The lowest BCUT2D eigenvalue weighted by molar-refractivity contribution is -0.149. The van der Waals surface area contributed by atoms with Gasteiger partial charge >= 0.3 is 5.97 Å². The Hall–Kier alpha value is -1.59. The highest BCUT2D eigenvalue weighted by atomic mass is 35.5. The van der Waals surface area contributed by atoms with Crippen LogP contribution in [-0.4, -0.2) is 23.6 Å². The Labute approximate surface area is 96.9 Å². The molecule has 6 heteroatoms. The molecule has 1 aromatic carbocycles. The molecule has 0 aromatic heterocycles. The van der Waals surface area contributed by atoms with Gasteiger partial charge in [-0.3, -0.25) is 9.63 Å². The molecule has 0 radical (unpaired) electrons. The molecule has 0 bridgehead atoms. The van der Waals surface area contributed by atoms with Gasteiger partial charge < -0.3 is 5.11 Å². The molecule has 0 spiro atoms. The van der Waals surface area contributed by atoms with Crippen molar-refractivity contribution in [1.82, 2.24) is 5.48 Å². The van der Waals surface area contributed by atoms with E-state index in [2.05, 4.69) is 4.84 Å². The van der Waals surface area contributed by atoms with Crippen molar-refractivity contribution >= 4 is 23.5 Å². The number of hydrogen-bond donors (Lipinski definition) is 2. The van der Waals surface area contributed by atoms with Crippen molar-refractivity contribution in [2.24, 2.45) is 0 Å². The molecule has 1 aromatic rings. The second-order valence-electron chi connectivity index (χ2n) is 3.01. The smallest absolute Gasteiger partial charge is 0.332 e. The summed E-state index contributed by atoms with van der Waals surface area (Å²) in [6, 6.07) is 6.75. The predicted octanol–water partition coefficient (Wildman–Crippen LogP) is 1.01. The van der Waals surface area contributed by atoms with Gasteiger partial charge in [0, 0.05) is 5.02 Å². The summed E-state index contributed by atoms with van der Waals surface area (Å²) in [5, 5.41) is 8.84. The molecule has 0 fully saturated rings. The first-order valence-corrected chi connectivity index (χ1v) is 4.82. The maximum atomic E-state index is 11.2. The summed E-state index contributed by atoms with van der Waals surface area (Å²) in [4.78, 5) is 25.7. The highest BCUT2D eigenvalue weighted by molar-refractivity contribution is 6.30. The third kappa shape index (κ3) is 4.77. The number of carbonyl (C=O) groups excluding carboxylic acids is 1. The molecule has 5 nitrogen and oxygen atoms in total. The molecule has 0 atom stereocenters. The van der Waals surface area contributed by atoms with Crippen LogP contribution in [0.5, 0.6) is 0 Å². The highest BCUT2D eigenvalue weighted by Gasteiger charge is 2.04. The Balaban J connectivity index is 2.34. The number of amides is 1. The Morgan fingerprint density at radius 1 is 1.31 bits per heavy atom. The van der Waals surface area contributed by atoms with Gasteiger partial charge in [0.2, 0.25) is 5.91 Å². The van der Waals surface area contributed by atoms with Gasteiger partial charge in [-0.25, -0.2) is 10.3 Å². The summed E-state index contributed by atoms with van der Waals surface area (Å²) in [6.45, 7) is -0.563. The van der Waals surface area contributed by atoms with Gasteiger partial charge in [-0.2, -0.15) is 0 Å². The Morgan fingerprint density at radius 3 is 2.50 bits per heavy atom. The molecule has 16 heavy (non-hydrogen) atoms. The van der Waals surface area contributed by atoms with E-state index in [1.807, 2.05) is 5.48 Å². The summed E-state index contributed by atoms with van der Waals surface area (Å²) in [5.74, 6) is -1.56. The molecule has 0 heterocycles. The zero-order valence-electron chi connectivity index (χ0n) is 8.27. The quantitative estimate of drug-likeness (QED) is 0.757. The standard InChI is InChI=1S/C10H10ClNO4/c11-8-3-1-7(2-4-8)5-9(13)12-16-6-10(14)15/h1-4H,5-6H2,(H,12,13)(H,14,15). The van der Waals surface area contributed by atoms with Crippen LogP contribution in [-0.2, 0) is 20.8 Å². The molecule has 0 unspecified atom stereocenters. The third-order valence-corrected chi connectivity index (χ3v) is 1.91.